The molecule has 1 aromatic carbocycles. The minimum absolute atomic E-state index is 0.102. The lowest BCUT2D eigenvalue weighted by Gasteiger charge is -2.07. The van der Waals surface area contributed by atoms with Gasteiger partial charge in [-0.25, -0.2) is 13.6 Å². The van der Waals surface area contributed by atoms with Gasteiger partial charge in [0.1, 0.15) is 12.0 Å². The zero-order valence-electron chi connectivity index (χ0n) is 10.3. The zero-order valence-corrected chi connectivity index (χ0v) is 10.3. The van der Waals surface area contributed by atoms with Gasteiger partial charge in [-0.3, -0.25) is 10.1 Å². The van der Waals surface area contributed by atoms with E-state index in [2.05, 4.69) is 5.32 Å². The molecule has 2 aromatic rings. The van der Waals surface area contributed by atoms with E-state index in [1.807, 2.05) is 0 Å². The van der Waals surface area contributed by atoms with E-state index in [-0.39, 0.29) is 17.9 Å². The lowest BCUT2D eigenvalue weighted by Crippen LogP contribution is -2.06. The molecule has 1 heterocycles. The molecular formula is C12H8F2N2O5. The predicted octanol–water partition coefficient (Wildman–Crippen LogP) is 2.78. The lowest BCUT2D eigenvalue weighted by molar-refractivity contribution is -0.384. The number of furan rings is 1. The molecule has 2 rings (SSSR count). The first-order valence-corrected chi connectivity index (χ1v) is 5.57. The molecule has 110 valence electrons. The van der Waals surface area contributed by atoms with Crippen molar-refractivity contribution in [3.05, 3.63) is 57.5 Å². The van der Waals surface area contributed by atoms with Crippen molar-refractivity contribution in [2.75, 3.05) is 5.32 Å². The Balaban J connectivity index is 2.24. The summed E-state index contributed by atoms with van der Waals surface area (Å²) in [5, 5.41) is 21.8. The summed E-state index contributed by atoms with van der Waals surface area (Å²) in [6.07, 6.45) is 0.968. The van der Waals surface area contributed by atoms with Crippen molar-refractivity contribution < 1.29 is 28.0 Å². The zero-order chi connectivity index (χ0) is 15.6. The summed E-state index contributed by atoms with van der Waals surface area (Å²) in [6.45, 7) is -0.242. The summed E-state index contributed by atoms with van der Waals surface area (Å²) in [5.74, 6) is -3.75. The normalized spacial score (nSPS) is 10.4. The molecular weight excluding hydrogens is 290 g/mol. The van der Waals surface area contributed by atoms with Crippen LogP contribution in [0.25, 0.3) is 0 Å². The van der Waals surface area contributed by atoms with Crippen LogP contribution in [0.15, 0.2) is 28.9 Å². The molecule has 0 bridgehead atoms. The van der Waals surface area contributed by atoms with Crippen molar-refractivity contribution >= 4 is 17.3 Å². The minimum atomic E-state index is -1.39. The Morgan fingerprint density at radius 1 is 1.43 bits per heavy atom. The number of carbonyl (C=O) groups is 1. The third-order valence-corrected chi connectivity index (χ3v) is 2.61. The quantitative estimate of drug-likeness (QED) is 0.649. The van der Waals surface area contributed by atoms with Crippen LogP contribution in [-0.2, 0) is 6.54 Å². The van der Waals surface area contributed by atoms with Crippen LogP contribution in [0.3, 0.4) is 0 Å². The highest BCUT2D eigenvalue weighted by atomic mass is 19.2. The molecule has 0 aliphatic rings. The maximum Gasteiger partial charge on any atom is 0.338 e. The van der Waals surface area contributed by atoms with E-state index in [0.717, 1.165) is 12.3 Å². The maximum absolute atomic E-state index is 13.6. The molecule has 0 spiro atoms. The number of carboxylic acids is 1. The number of benzene rings is 1. The first-order chi connectivity index (χ1) is 9.90. The van der Waals surface area contributed by atoms with E-state index in [1.165, 1.54) is 6.07 Å². The van der Waals surface area contributed by atoms with Gasteiger partial charge in [0, 0.05) is 6.07 Å². The number of hydrogen-bond acceptors (Lipinski definition) is 5. The number of anilines is 1. The Kier molecular flexibility index (Phi) is 3.83. The fraction of sp³-hybridized carbons (Fsp3) is 0.0833. The van der Waals surface area contributed by atoms with Gasteiger partial charge in [-0.05, 0) is 12.1 Å². The van der Waals surface area contributed by atoms with E-state index in [4.69, 9.17) is 9.52 Å². The van der Waals surface area contributed by atoms with Crippen LogP contribution in [0.1, 0.15) is 16.1 Å². The molecule has 0 saturated carbocycles. The highest BCUT2D eigenvalue weighted by Crippen LogP contribution is 2.29. The highest BCUT2D eigenvalue weighted by Gasteiger charge is 2.21. The summed E-state index contributed by atoms with van der Waals surface area (Å²) >= 11 is 0. The molecule has 0 aliphatic carbocycles. The summed E-state index contributed by atoms with van der Waals surface area (Å²) in [7, 11) is 0. The summed E-state index contributed by atoms with van der Waals surface area (Å²) in [5.41, 5.74) is -1.40. The summed E-state index contributed by atoms with van der Waals surface area (Å²) in [6, 6.07) is 2.64. The van der Waals surface area contributed by atoms with Gasteiger partial charge in [-0.15, -0.1) is 0 Å². The van der Waals surface area contributed by atoms with Crippen LogP contribution in [-0.4, -0.2) is 16.0 Å². The van der Waals surface area contributed by atoms with Crippen molar-refractivity contribution in [3.63, 3.8) is 0 Å². The van der Waals surface area contributed by atoms with E-state index in [1.54, 1.807) is 0 Å². The van der Waals surface area contributed by atoms with Gasteiger partial charge in [-0.2, -0.15) is 0 Å². The maximum atomic E-state index is 13.6. The second-order valence-corrected chi connectivity index (χ2v) is 3.97. The van der Waals surface area contributed by atoms with Crippen LogP contribution in [0.5, 0.6) is 0 Å². The minimum Gasteiger partial charge on any atom is -0.478 e. The molecule has 0 saturated heterocycles. The van der Waals surface area contributed by atoms with E-state index < -0.39 is 33.9 Å². The average molecular weight is 298 g/mol. The van der Waals surface area contributed by atoms with Gasteiger partial charge in [0.25, 0.3) is 5.69 Å². The molecule has 1 aromatic heterocycles. The Bertz CT molecular complexity index is 714. The largest absolute Gasteiger partial charge is 0.478 e. The molecule has 0 radical (unpaired) electrons. The van der Waals surface area contributed by atoms with Crippen LogP contribution in [0.4, 0.5) is 20.2 Å². The highest BCUT2D eigenvalue weighted by molar-refractivity contribution is 5.87. The third-order valence-electron chi connectivity index (χ3n) is 2.61. The fourth-order valence-corrected chi connectivity index (χ4v) is 1.62. The Hall–Kier alpha value is -2.97. The number of rotatable bonds is 5. The average Bonchev–Trinajstić information content (AvgIpc) is 2.89. The van der Waals surface area contributed by atoms with E-state index >= 15 is 0 Å². The van der Waals surface area contributed by atoms with Crippen LogP contribution < -0.4 is 5.32 Å². The van der Waals surface area contributed by atoms with Gasteiger partial charge >= 0.3 is 5.97 Å². The number of hydrogen-bond donors (Lipinski definition) is 2. The fourth-order valence-electron chi connectivity index (χ4n) is 1.62. The van der Waals surface area contributed by atoms with Crippen LogP contribution in [0, 0.1) is 21.7 Å². The monoisotopic (exact) mass is 298 g/mol. The van der Waals surface area contributed by atoms with Gasteiger partial charge in [0.15, 0.2) is 17.3 Å². The SMILES string of the molecule is O=C(O)c1coc(CNc2c([N+](=O)[O-])ccc(F)c2F)c1. The molecule has 0 fully saturated rings. The number of halogens is 2. The third kappa shape index (κ3) is 2.96. The molecule has 0 aliphatic heterocycles. The number of nitro benzene ring substituents is 1. The van der Waals surface area contributed by atoms with Crippen molar-refractivity contribution in [1.82, 2.24) is 0 Å². The Morgan fingerprint density at radius 2 is 2.14 bits per heavy atom. The van der Waals surface area contributed by atoms with Gasteiger partial charge in [-0.1, -0.05) is 0 Å². The molecule has 21 heavy (non-hydrogen) atoms. The first-order valence-electron chi connectivity index (χ1n) is 5.57. The molecule has 7 nitrogen and oxygen atoms in total. The Morgan fingerprint density at radius 3 is 2.71 bits per heavy atom. The van der Waals surface area contributed by atoms with Crippen molar-refractivity contribution in [2.24, 2.45) is 0 Å². The topological polar surface area (TPSA) is 106 Å². The second-order valence-electron chi connectivity index (χ2n) is 3.97. The number of aromatic carboxylic acids is 1. The van der Waals surface area contributed by atoms with Gasteiger partial charge < -0.3 is 14.8 Å². The van der Waals surface area contributed by atoms with Crippen molar-refractivity contribution in [3.8, 4) is 0 Å². The summed E-state index contributed by atoms with van der Waals surface area (Å²) in [4.78, 5) is 20.6. The number of nitrogens with one attached hydrogen (secondary N) is 1. The van der Waals surface area contributed by atoms with Gasteiger partial charge in [0.2, 0.25) is 0 Å². The molecule has 0 unspecified atom stereocenters. The number of nitrogens with zero attached hydrogens (tertiary/aromatic N) is 1. The Labute approximate surface area is 116 Å². The number of carboxylic acid groups (broad SMARTS) is 1. The molecule has 0 atom stereocenters. The van der Waals surface area contributed by atoms with Gasteiger partial charge in [0.05, 0.1) is 17.0 Å². The van der Waals surface area contributed by atoms with E-state index in [9.17, 15) is 23.7 Å². The molecule has 0 amide bonds. The smallest absolute Gasteiger partial charge is 0.338 e. The lowest BCUT2D eigenvalue weighted by atomic mass is 10.2. The first kappa shape index (κ1) is 14.4. The predicted molar refractivity (Wildman–Crippen MR) is 66.0 cm³/mol. The van der Waals surface area contributed by atoms with E-state index in [0.29, 0.717) is 6.07 Å². The van der Waals surface area contributed by atoms with Crippen molar-refractivity contribution in [1.29, 1.82) is 0 Å². The summed E-state index contributed by atoms with van der Waals surface area (Å²) < 4.78 is 31.6. The number of nitro groups is 1. The second kappa shape index (κ2) is 5.57. The van der Waals surface area contributed by atoms with Crippen molar-refractivity contribution in [2.45, 2.75) is 6.54 Å². The molecule has 2 N–H and O–H groups in total. The van der Waals surface area contributed by atoms with Crippen LogP contribution in [0.2, 0.25) is 0 Å². The molecule has 9 heteroatoms. The van der Waals surface area contributed by atoms with Crippen LogP contribution >= 0.6 is 0 Å². The standard InChI is InChI=1S/C12H8F2N2O5/c13-8-1-2-9(16(19)20)11(10(8)14)15-4-7-3-6(5-21-7)12(17)18/h1-3,5,15H,4H2,(H,17,18).